The minimum Gasteiger partial charge on any atom is -0.370 e. The van der Waals surface area contributed by atoms with E-state index in [0.717, 1.165) is 0 Å². The highest BCUT2D eigenvalue weighted by Gasteiger charge is 2.18. The molecule has 1 amide bonds. The number of carbonyl (C=O) groups is 1. The molecule has 0 aliphatic heterocycles. The molecule has 0 aromatic carbocycles. The van der Waals surface area contributed by atoms with Crippen molar-refractivity contribution in [2.75, 3.05) is 6.54 Å². The van der Waals surface area contributed by atoms with E-state index in [0.29, 0.717) is 29.9 Å². The third-order valence-corrected chi connectivity index (χ3v) is 2.60. The summed E-state index contributed by atoms with van der Waals surface area (Å²) >= 11 is 0. The Hall–Kier alpha value is -2.02. The predicted molar refractivity (Wildman–Crippen MR) is 65.9 cm³/mol. The Labute approximate surface area is 105 Å². The summed E-state index contributed by atoms with van der Waals surface area (Å²) in [4.78, 5) is 25.2. The fourth-order valence-electron chi connectivity index (χ4n) is 1.64. The van der Waals surface area contributed by atoms with E-state index in [1.807, 2.05) is 0 Å². The smallest absolute Gasteiger partial charge is 0.278 e. The summed E-state index contributed by atoms with van der Waals surface area (Å²) in [6, 6.07) is 0. The van der Waals surface area contributed by atoms with Gasteiger partial charge in [-0.25, -0.2) is 0 Å². The topological polar surface area (TPSA) is 111 Å². The van der Waals surface area contributed by atoms with Gasteiger partial charge >= 0.3 is 0 Å². The van der Waals surface area contributed by atoms with Crippen LogP contribution in [0.3, 0.4) is 0 Å². The number of primary amides is 1. The molecule has 0 saturated carbocycles. The molecule has 18 heavy (non-hydrogen) atoms. The maximum absolute atomic E-state index is 10.9. The summed E-state index contributed by atoms with van der Waals surface area (Å²) in [6.07, 6.45) is 1.71. The number of hydrogen-bond donors (Lipinski definition) is 2. The molecule has 0 spiro atoms. The molecule has 0 aliphatic carbocycles. The summed E-state index contributed by atoms with van der Waals surface area (Å²) in [5.41, 5.74) is 6.79. The first-order chi connectivity index (χ1) is 8.43. The van der Waals surface area contributed by atoms with Gasteiger partial charge in [0.15, 0.2) is 0 Å². The number of nitro groups is 1. The first kappa shape index (κ1) is 14.0. The second-order valence-electron chi connectivity index (χ2n) is 4.01. The van der Waals surface area contributed by atoms with Gasteiger partial charge in [0.25, 0.3) is 5.69 Å². The summed E-state index contributed by atoms with van der Waals surface area (Å²) in [7, 11) is 0. The molecule has 0 radical (unpaired) electrons. The van der Waals surface area contributed by atoms with Crippen molar-refractivity contribution < 1.29 is 9.72 Å². The quantitative estimate of drug-likeness (QED) is 0.437. The van der Waals surface area contributed by atoms with E-state index >= 15 is 0 Å². The third-order valence-electron chi connectivity index (χ3n) is 2.60. The van der Waals surface area contributed by atoms with Crippen LogP contribution in [0.15, 0.2) is 6.20 Å². The van der Waals surface area contributed by atoms with Gasteiger partial charge in [0.2, 0.25) is 5.91 Å². The standard InChI is InChI=1S/C11H16N4O3/c1-7-5-14-9(6-13-4-3-10(12)16)8(2)11(7)15(17)18/h5,13H,3-4,6H2,1-2H3,(H2,12,16). The zero-order chi connectivity index (χ0) is 13.7. The Bertz CT molecular complexity index is 474. The number of carbonyl (C=O) groups excluding carboxylic acids is 1. The van der Waals surface area contributed by atoms with E-state index < -0.39 is 4.92 Å². The van der Waals surface area contributed by atoms with E-state index in [1.54, 1.807) is 13.8 Å². The van der Waals surface area contributed by atoms with Gasteiger partial charge in [-0.1, -0.05) is 0 Å². The number of aromatic nitrogens is 1. The lowest BCUT2D eigenvalue weighted by Crippen LogP contribution is -2.22. The van der Waals surface area contributed by atoms with Gasteiger partial charge in [0.05, 0.1) is 10.6 Å². The number of nitrogens with one attached hydrogen (secondary N) is 1. The molecule has 1 aromatic rings. The van der Waals surface area contributed by atoms with Gasteiger partial charge in [-0.2, -0.15) is 0 Å². The average Bonchev–Trinajstić information content (AvgIpc) is 2.26. The fraction of sp³-hybridized carbons (Fsp3) is 0.455. The molecule has 7 nitrogen and oxygen atoms in total. The van der Waals surface area contributed by atoms with E-state index in [4.69, 9.17) is 5.73 Å². The van der Waals surface area contributed by atoms with Crippen LogP contribution in [-0.4, -0.2) is 22.4 Å². The summed E-state index contributed by atoms with van der Waals surface area (Å²) in [5.74, 6) is -0.387. The zero-order valence-electron chi connectivity index (χ0n) is 10.4. The number of hydrogen-bond acceptors (Lipinski definition) is 5. The molecular formula is C11H16N4O3. The monoisotopic (exact) mass is 252 g/mol. The molecule has 0 fully saturated rings. The van der Waals surface area contributed by atoms with E-state index in [-0.39, 0.29) is 18.0 Å². The SMILES string of the molecule is Cc1cnc(CNCCC(N)=O)c(C)c1[N+](=O)[O-]. The van der Waals surface area contributed by atoms with Crippen LogP contribution in [0.1, 0.15) is 23.2 Å². The molecular weight excluding hydrogens is 236 g/mol. The van der Waals surface area contributed by atoms with Crippen molar-refractivity contribution in [1.82, 2.24) is 10.3 Å². The molecule has 0 unspecified atom stereocenters. The maximum Gasteiger partial charge on any atom is 0.278 e. The van der Waals surface area contributed by atoms with E-state index in [1.165, 1.54) is 6.20 Å². The Balaban J connectivity index is 2.75. The van der Waals surface area contributed by atoms with Crippen molar-refractivity contribution in [2.24, 2.45) is 5.73 Å². The number of amides is 1. The van der Waals surface area contributed by atoms with Crippen LogP contribution in [0.2, 0.25) is 0 Å². The van der Waals surface area contributed by atoms with Crippen LogP contribution in [0.25, 0.3) is 0 Å². The second-order valence-corrected chi connectivity index (χ2v) is 4.01. The Morgan fingerprint density at radius 3 is 2.78 bits per heavy atom. The average molecular weight is 252 g/mol. The van der Waals surface area contributed by atoms with Crippen molar-refractivity contribution in [3.05, 3.63) is 33.1 Å². The van der Waals surface area contributed by atoms with Crippen molar-refractivity contribution in [3.63, 3.8) is 0 Å². The Kier molecular flexibility index (Phi) is 4.73. The molecule has 7 heteroatoms. The molecule has 0 bridgehead atoms. The molecule has 0 atom stereocenters. The largest absolute Gasteiger partial charge is 0.370 e. The van der Waals surface area contributed by atoms with Crippen LogP contribution in [0.4, 0.5) is 5.69 Å². The summed E-state index contributed by atoms with van der Waals surface area (Å²) in [6.45, 7) is 4.13. The summed E-state index contributed by atoms with van der Waals surface area (Å²) < 4.78 is 0. The summed E-state index contributed by atoms with van der Waals surface area (Å²) in [5, 5.41) is 13.9. The molecule has 3 N–H and O–H groups in total. The van der Waals surface area contributed by atoms with Gasteiger partial charge in [-0.3, -0.25) is 19.9 Å². The lowest BCUT2D eigenvalue weighted by atomic mass is 10.1. The van der Waals surface area contributed by atoms with Gasteiger partial charge in [0, 0.05) is 36.8 Å². The van der Waals surface area contributed by atoms with Crippen molar-refractivity contribution >= 4 is 11.6 Å². The van der Waals surface area contributed by atoms with Crippen molar-refractivity contribution in [1.29, 1.82) is 0 Å². The van der Waals surface area contributed by atoms with Gasteiger partial charge in [0.1, 0.15) is 0 Å². The van der Waals surface area contributed by atoms with E-state index in [2.05, 4.69) is 10.3 Å². The van der Waals surface area contributed by atoms with Gasteiger partial charge < -0.3 is 11.1 Å². The minimum atomic E-state index is -0.404. The first-order valence-electron chi connectivity index (χ1n) is 5.52. The van der Waals surface area contributed by atoms with Gasteiger partial charge in [-0.05, 0) is 13.8 Å². The normalized spacial score (nSPS) is 10.3. The Morgan fingerprint density at radius 2 is 2.22 bits per heavy atom. The highest BCUT2D eigenvalue weighted by atomic mass is 16.6. The molecule has 0 saturated heterocycles. The van der Waals surface area contributed by atoms with Gasteiger partial charge in [-0.15, -0.1) is 0 Å². The maximum atomic E-state index is 10.9. The first-order valence-corrected chi connectivity index (χ1v) is 5.52. The number of rotatable bonds is 6. The lowest BCUT2D eigenvalue weighted by molar-refractivity contribution is -0.386. The van der Waals surface area contributed by atoms with Crippen LogP contribution in [0, 0.1) is 24.0 Å². The lowest BCUT2D eigenvalue weighted by Gasteiger charge is -2.08. The number of nitrogens with zero attached hydrogens (tertiary/aromatic N) is 2. The third kappa shape index (κ3) is 3.49. The second kappa shape index (κ2) is 6.06. The number of pyridine rings is 1. The van der Waals surface area contributed by atoms with Crippen LogP contribution >= 0.6 is 0 Å². The van der Waals surface area contributed by atoms with Crippen molar-refractivity contribution in [3.8, 4) is 0 Å². The highest BCUT2D eigenvalue weighted by molar-refractivity contribution is 5.73. The minimum absolute atomic E-state index is 0.0942. The number of nitrogens with two attached hydrogens (primary N) is 1. The zero-order valence-corrected chi connectivity index (χ0v) is 10.4. The predicted octanol–water partition coefficient (Wildman–Crippen LogP) is 0.572. The molecule has 1 aromatic heterocycles. The van der Waals surface area contributed by atoms with Crippen LogP contribution in [-0.2, 0) is 11.3 Å². The van der Waals surface area contributed by atoms with Crippen LogP contribution < -0.4 is 11.1 Å². The Morgan fingerprint density at radius 1 is 1.56 bits per heavy atom. The van der Waals surface area contributed by atoms with Crippen molar-refractivity contribution in [2.45, 2.75) is 26.8 Å². The molecule has 0 aliphatic rings. The number of aryl methyl sites for hydroxylation is 1. The van der Waals surface area contributed by atoms with E-state index in [9.17, 15) is 14.9 Å². The van der Waals surface area contributed by atoms with Crippen LogP contribution in [0.5, 0.6) is 0 Å². The molecule has 98 valence electrons. The highest BCUT2D eigenvalue weighted by Crippen LogP contribution is 2.23. The molecule has 1 rings (SSSR count). The fourth-order valence-corrected chi connectivity index (χ4v) is 1.64. The molecule has 1 heterocycles.